The molecule has 4 rings (SSSR count). The molecule has 8 nitrogen and oxygen atoms in total. The molecule has 1 aliphatic heterocycles. The fourth-order valence-corrected chi connectivity index (χ4v) is 3.14. The molecule has 2 amide bonds. The Morgan fingerprint density at radius 3 is 2.89 bits per heavy atom. The average molecular weight is 369 g/mol. The van der Waals surface area contributed by atoms with Gasteiger partial charge in [0.25, 0.3) is 11.8 Å². The second-order valence-corrected chi connectivity index (χ2v) is 6.99. The molecule has 0 atom stereocenters. The van der Waals surface area contributed by atoms with E-state index >= 15 is 0 Å². The van der Waals surface area contributed by atoms with E-state index in [-0.39, 0.29) is 17.9 Å². The molecule has 1 fully saturated rings. The van der Waals surface area contributed by atoms with Gasteiger partial charge in [0, 0.05) is 42.2 Å². The Kier molecular flexibility index (Phi) is 4.89. The summed E-state index contributed by atoms with van der Waals surface area (Å²) in [6, 6.07) is 3.85. The van der Waals surface area contributed by atoms with Crippen LogP contribution < -0.4 is 10.6 Å². The topological polar surface area (TPSA) is 98.1 Å². The van der Waals surface area contributed by atoms with Crippen LogP contribution in [0.5, 0.6) is 0 Å². The average Bonchev–Trinajstić information content (AvgIpc) is 3.41. The first-order valence-corrected chi connectivity index (χ1v) is 9.30. The number of pyridine rings is 1. The molecule has 0 aromatic carbocycles. The minimum absolute atomic E-state index is 0.132. The molecule has 142 valence electrons. The Labute approximate surface area is 157 Å². The van der Waals surface area contributed by atoms with E-state index in [2.05, 4.69) is 20.7 Å². The van der Waals surface area contributed by atoms with Gasteiger partial charge in [0.05, 0.1) is 25.3 Å². The summed E-state index contributed by atoms with van der Waals surface area (Å²) in [6.07, 6.45) is 4.35. The maximum Gasteiger partial charge on any atom is 0.272 e. The highest BCUT2D eigenvalue weighted by Gasteiger charge is 2.29. The molecule has 1 saturated carbocycles. The molecule has 0 saturated heterocycles. The number of hydrogen-bond donors (Lipinski definition) is 2. The predicted octanol–water partition coefficient (Wildman–Crippen LogP) is 0.981. The molecular formula is C19H23N5O3. The van der Waals surface area contributed by atoms with Crippen molar-refractivity contribution in [2.75, 3.05) is 13.2 Å². The zero-order valence-corrected chi connectivity index (χ0v) is 15.3. The van der Waals surface area contributed by atoms with Gasteiger partial charge in [-0.05, 0) is 31.9 Å². The lowest BCUT2D eigenvalue weighted by Crippen LogP contribution is -2.28. The minimum atomic E-state index is -0.168. The first kappa shape index (κ1) is 17.7. The van der Waals surface area contributed by atoms with Crippen molar-refractivity contribution in [1.82, 2.24) is 25.4 Å². The lowest BCUT2D eigenvalue weighted by atomic mass is 10.1. The van der Waals surface area contributed by atoms with E-state index in [4.69, 9.17) is 4.74 Å². The predicted molar refractivity (Wildman–Crippen MR) is 97.4 cm³/mol. The molecule has 2 N–H and O–H groups in total. The number of nitrogens with one attached hydrogen (secondary N) is 2. The Hall–Kier alpha value is -2.74. The molecule has 1 aliphatic carbocycles. The van der Waals surface area contributed by atoms with Crippen molar-refractivity contribution >= 4 is 11.8 Å². The number of hydrogen-bond acceptors (Lipinski definition) is 5. The molecule has 8 heteroatoms. The van der Waals surface area contributed by atoms with Gasteiger partial charge < -0.3 is 15.4 Å². The largest absolute Gasteiger partial charge is 0.376 e. The summed E-state index contributed by atoms with van der Waals surface area (Å²) < 4.78 is 7.35. The van der Waals surface area contributed by atoms with Crippen molar-refractivity contribution in [3.05, 3.63) is 46.5 Å². The molecule has 2 aromatic rings. The SMILES string of the molecule is Cc1ccc(C(=O)NCCn2nc(C(=O)NC3CC3)c3c2CCOC3)cn1. The standard InChI is InChI=1S/C19H23N5O3/c1-12-2-3-13(10-21-12)18(25)20-7-8-24-16-6-9-27-11-15(16)17(23-24)19(26)22-14-4-5-14/h2-3,10,14H,4-9,11H2,1H3,(H,20,25)(H,22,26). The summed E-state index contributed by atoms with van der Waals surface area (Å²) >= 11 is 0. The van der Waals surface area contributed by atoms with Crippen LogP contribution in [0.15, 0.2) is 18.3 Å². The van der Waals surface area contributed by atoms with Crippen LogP contribution in [0.3, 0.4) is 0 Å². The van der Waals surface area contributed by atoms with Crippen molar-refractivity contribution < 1.29 is 14.3 Å². The third-order valence-electron chi connectivity index (χ3n) is 4.81. The molecule has 3 heterocycles. The summed E-state index contributed by atoms with van der Waals surface area (Å²) in [7, 11) is 0. The van der Waals surface area contributed by atoms with E-state index in [0.29, 0.717) is 37.6 Å². The van der Waals surface area contributed by atoms with E-state index in [9.17, 15) is 9.59 Å². The number of amides is 2. The zero-order valence-electron chi connectivity index (χ0n) is 15.3. The number of fused-ring (bicyclic) bond motifs is 1. The number of carbonyl (C=O) groups excluding carboxylic acids is 2. The van der Waals surface area contributed by atoms with E-state index in [0.717, 1.165) is 36.2 Å². The van der Waals surface area contributed by atoms with E-state index in [1.165, 1.54) is 0 Å². The molecule has 27 heavy (non-hydrogen) atoms. The maximum absolute atomic E-state index is 12.5. The Morgan fingerprint density at radius 2 is 2.15 bits per heavy atom. The number of aryl methyl sites for hydroxylation is 1. The second-order valence-electron chi connectivity index (χ2n) is 6.99. The highest BCUT2D eigenvalue weighted by Crippen LogP contribution is 2.23. The lowest BCUT2D eigenvalue weighted by molar-refractivity contribution is 0.0921. The van der Waals surface area contributed by atoms with Crippen LogP contribution in [0.1, 0.15) is 50.6 Å². The van der Waals surface area contributed by atoms with Crippen LogP contribution in [0.25, 0.3) is 0 Å². The van der Waals surface area contributed by atoms with Gasteiger partial charge in [-0.2, -0.15) is 5.10 Å². The van der Waals surface area contributed by atoms with Crippen molar-refractivity contribution in [3.63, 3.8) is 0 Å². The molecule has 2 aromatic heterocycles. The molecule has 0 spiro atoms. The maximum atomic E-state index is 12.5. The number of ether oxygens (including phenoxy) is 1. The number of aromatic nitrogens is 3. The molecule has 0 unspecified atom stereocenters. The van der Waals surface area contributed by atoms with Gasteiger partial charge in [0.2, 0.25) is 0 Å². The lowest BCUT2D eigenvalue weighted by Gasteiger charge is -2.15. The van der Waals surface area contributed by atoms with Crippen molar-refractivity contribution in [3.8, 4) is 0 Å². The minimum Gasteiger partial charge on any atom is -0.376 e. The van der Waals surface area contributed by atoms with Gasteiger partial charge >= 0.3 is 0 Å². The highest BCUT2D eigenvalue weighted by atomic mass is 16.5. The summed E-state index contributed by atoms with van der Waals surface area (Å²) in [6.45, 7) is 3.83. The van der Waals surface area contributed by atoms with Gasteiger partial charge in [-0.15, -0.1) is 0 Å². The van der Waals surface area contributed by atoms with Gasteiger partial charge in [-0.3, -0.25) is 19.3 Å². The fourth-order valence-electron chi connectivity index (χ4n) is 3.14. The number of nitrogens with zero attached hydrogens (tertiary/aromatic N) is 3. The Bertz CT molecular complexity index is 855. The number of carbonyl (C=O) groups is 2. The van der Waals surface area contributed by atoms with Gasteiger partial charge in [0.15, 0.2) is 5.69 Å². The monoisotopic (exact) mass is 369 g/mol. The van der Waals surface area contributed by atoms with Crippen LogP contribution in [0, 0.1) is 6.92 Å². The summed E-state index contributed by atoms with van der Waals surface area (Å²) in [4.78, 5) is 28.8. The summed E-state index contributed by atoms with van der Waals surface area (Å²) in [5.41, 5.74) is 3.74. The van der Waals surface area contributed by atoms with Crippen molar-refractivity contribution in [1.29, 1.82) is 0 Å². The molecule has 0 radical (unpaired) electrons. The van der Waals surface area contributed by atoms with Gasteiger partial charge in [0.1, 0.15) is 0 Å². The fraction of sp³-hybridized carbons (Fsp3) is 0.474. The van der Waals surface area contributed by atoms with Crippen molar-refractivity contribution in [2.24, 2.45) is 0 Å². The van der Waals surface area contributed by atoms with E-state index < -0.39 is 0 Å². The Balaban J connectivity index is 1.42. The molecule has 2 aliphatic rings. The normalized spacial score (nSPS) is 15.9. The first-order valence-electron chi connectivity index (χ1n) is 9.30. The van der Waals surface area contributed by atoms with Crippen LogP contribution >= 0.6 is 0 Å². The van der Waals surface area contributed by atoms with Crippen LogP contribution in [0.4, 0.5) is 0 Å². The Morgan fingerprint density at radius 1 is 1.30 bits per heavy atom. The third kappa shape index (κ3) is 4.00. The highest BCUT2D eigenvalue weighted by molar-refractivity contribution is 5.94. The second kappa shape index (κ2) is 7.48. The van der Waals surface area contributed by atoms with Crippen LogP contribution in [0.2, 0.25) is 0 Å². The van der Waals surface area contributed by atoms with Crippen LogP contribution in [-0.4, -0.2) is 45.8 Å². The summed E-state index contributed by atoms with van der Waals surface area (Å²) in [5, 5.41) is 10.4. The summed E-state index contributed by atoms with van der Waals surface area (Å²) in [5.74, 6) is -0.300. The van der Waals surface area contributed by atoms with Crippen molar-refractivity contribution in [2.45, 2.75) is 45.4 Å². The van der Waals surface area contributed by atoms with Crippen LogP contribution in [-0.2, 0) is 24.3 Å². The third-order valence-corrected chi connectivity index (χ3v) is 4.81. The van der Waals surface area contributed by atoms with E-state index in [1.807, 2.05) is 17.7 Å². The smallest absolute Gasteiger partial charge is 0.272 e. The molecular weight excluding hydrogens is 346 g/mol. The first-order chi connectivity index (χ1) is 13.1. The zero-order chi connectivity index (χ0) is 18.8. The number of rotatable bonds is 6. The quantitative estimate of drug-likeness (QED) is 0.791. The van der Waals surface area contributed by atoms with Gasteiger partial charge in [-0.1, -0.05) is 0 Å². The molecule has 0 bridgehead atoms. The van der Waals surface area contributed by atoms with Gasteiger partial charge in [-0.25, -0.2) is 0 Å². The van der Waals surface area contributed by atoms with E-state index in [1.54, 1.807) is 12.3 Å².